The Morgan fingerprint density at radius 1 is 0.567 bits per heavy atom. The number of aromatic nitrogens is 8. The number of ketones is 2. The van der Waals surface area contributed by atoms with Gasteiger partial charge in [-0.3, -0.25) is 14.4 Å². The summed E-state index contributed by atoms with van der Waals surface area (Å²) < 4.78 is 36.0. The van der Waals surface area contributed by atoms with Crippen LogP contribution in [0.1, 0.15) is 210 Å². The third-order valence-corrected chi connectivity index (χ3v) is 26.4. The molecule has 2 saturated carbocycles. The number of thiophene rings is 4. The average molecular weight is 2140 g/mol. The van der Waals surface area contributed by atoms with E-state index in [0.29, 0.717) is 77.9 Å². The third-order valence-electron chi connectivity index (χ3n) is 18.6. The van der Waals surface area contributed by atoms with Crippen LogP contribution in [-0.4, -0.2) is 107 Å². The number of carbonyl (C=O) groups is 3. The first-order chi connectivity index (χ1) is 58.1. The summed E-state index contributed by atoms with van der Waals surface area (Å²) in [7, 11) is 0.586. The van der Waals surface area contributed by atoms with E-state index in [9.17, 15) is 33.0 Å². The van der Waals surface area contributed by atoms with E-state index in [1.54, 1.807) is 41.3 Å². The van der Waals surface area contributed by atoms with Gasteiger partial charge in [-0.25, -0.2) is 45.0 Å². The Morgan fingerprint density at radius 3 is 1.30 bits per heavy atom. The van der Waals surface area contributed by atoms with E-state index in [1.165, 1.54) is 71.0 Å². The van der Waals surface area contributed by atoms with Crippen LogP contribution in [0.3, 0.4) is 0 Å². The average Bonchev–Trinajstić information content (AvgIpc) is 1.69. The number of benzene rings is 4. The second-order valence-corrected chi connectivity index (χ2v) is 39.1. The number of aliphatic hydroxyl groups excluding tert-OH is 3. The number of aryl methyl sites for hydroxylation is 4. The number of hydrogen-bond acceptors (Lipinski definition) is 24. The second kappa shape index (κ2) is 61.9. The maximum absolute atomic E-state index is 13.4. The first kappa shape index (κ1) is 119. The summed E-state index contributed by atoms with van der Waals surface area (Å²) in [5.41, 5.74) is 15.5. The molecular weight excluding hydrogens is 2030 g/mol. The molecule has 12 aromatic rings. The number of nitrogens with two attached hydrogens (primary N) is 2. The first-order valence-corrected chi connectivity index (χ1v) is 48.0. The van der Waals surface area contributed by atoms with Crippen molar-refractivity contribution in [3.63, 3.8) is 0 Å². The Balaban J connectivity index is 0.000000765. The van der Waals surface area contributed by atoms with Gasteiger partial charge in [0.1, 0.15) is 52.7 Å². The SMILES string of the molecule is C.C.C.C.C[C@H]1C[C@H](N)C[C@@H]1CO.Cc1cc(Cc2cccc(Cl)c2)sc1C(=O)c1cncnc1Cl.Cc1cc(Cc2cccc(Cl)c2)sc1C(=O)c1cncnc1N[C@@H]1C[C@H](CO)[C@@H](C)C1.Cc1cc(Cc2cccc(Cl)c2)sc1C(O)c1cncnc1Cl.Cc1cc(Cc2cccc(Cl)c2)sc1C=O.Clc1ncncc1I.NS(=O)(=O)Cl.[CH2-]CCC.[Li+].[O]=[Mn]=[O]. The van der Waals surface area contributed by atoms with Gasteiger partial charge in [-0.2, -0.15) is 14.8 Å². The van der Waals surface area contributed by atoms with E-state index in [0.717, 1.165) is 141 Å². The molecule has 8 heterocycles. The number of hydrogen-bond donors (Lipinski definition) is 6. The minimum absolute atomic E-state index is 0. The molecule has 7 atom stereocenters. The molecule has 4 aromatic carbocycles. The maximum atomic E-state index is 13.4. The van der Waals surface area contributed by atoms with Crippen molar-refractivity contribution in [1.29, 1.82) is 0 Å². The van der Waals surface area contributed by atoms with Gasteiger partial charge < -0.3 is 33.3 Å². The van der Waals surface area contributed by atoms with Crippen molar-refractivity contribution in [3.05, 3.63) is 318 Å². The van der Waals surface area contributed by atoms with Gasteiger partial charge in [0.15, 0.2) is 6.29 Å². The number of nitrogens with one attached hydrogen (secondary N) is 1. The molecule has 127 heavy (non-hydrogen) atoms. The van der Waals surface area contributed by atoms with E-state index in [1.807, 2.05) is 131 Å². The molecule has 0 saturated heterocycles. The number of halogens is 9. The summed E-state index contributed by atoms with van der Waals surface area (Å²) >= 11 is 48.4. The van der Waals surface area contributed by atoms with Crippen molar-refractivity contribution < 1.29 is 79.5 Å². The summed E-state index contributed by atoms with van der Waals surface area (Å²) in [6.45, 7) is 18.4. The molecule has 8 N–H and O–H groups in total. The van der Waals surface area contributed by atoms with Crippen LogP contribution in [0.4, 0.5) is 5.82 Å². The van der Waals surface area contributed by atoms with Gasteiger partial charge in [0, 0.05) is 136 Å². The molecule has 21 nitrogen and oxygen atoms in total. The number of unbranched alkanes of at least 4 members (excludes halogenated alkanes) is 1. The topological polar surface area (TPSA) is 347 Å². The standard InChI is InChI=1S/C24H26ClN3O2S.C17H14Cl2N2OS.C17H12Cl2N2OS.C13H11ClOS.C7H15NO.C4H2ClIN2.C4H9.4CH4.ClH2NO2S.Li.Mn.2O/c1-14-6-19(10-17(14)12-29)28-24-21(11-26-13-27-24)22(30)23-15(2)7-20(31-23)9-16-4-3-5-18(25)8-16;2*1-10-5-13(7-11-3-2-4-12(18)6-11)23-16(10)15(22)14-8-20-9-21-17(14)19;1-9-5-12(16-13(9)8-15)7-10-3-2-4-11(14)6-10;1-5-2-7(8)3-6(5)4-9;5-4-3(6)1-7-2-8-4;1-3-4-2;;;;;1-5(2,3)4;;;;/h3-5,7-8,11,13-14,17,19,29H,6,9-10,12H2,1-2H3,(H,26,27,28);2-6,8-9,15,22H,7H2,1H3;2-6,8-9H,7H2,1H3;2-6,8H,7H2,1H3;5-7,9H,2-4,8H2,1H3;1-2H;1,3-4H2,2H3;4*1H4;(H2,2,3,4);;;;/q;;;;;;-1;;;;;;+1;;;/t14-,17+,19-;;;;5-,6+,7-;;;;;;;;;;;/m0...0.........../s1. The van der Waals surface area contributed by atoms with E-state index in [4.69, 9.17) is 99.7 Å². The summed E-state index contributed by atoms with van der Waals surface area (Å²) in [6.07, 6.45) is 21.2. The summed E-state index contributed by atoms with van der Waals surface area (Å²) in [6, 6.07) is 39.9. The number of rotatable bonds is 20. The van der Waals surface area contributed by atoms with Crippen molar-refractivity contribution in [2.75, 3.05) is 18.5 Å². The third kappa shape index (κ3) is 41.6. The normalized spacial score (nSPS) is 15.0. The van der Waals surface area contributed by atoms with E-state index < -0.39 is 30.2 Å². The van der Waals surface area contributed by atoms with Crippen molar-refractivity contribution in [3.8, 4) is 0 Å². The number of nitrogens with zero attached hydrogens (tertiary/aromatic N) is 8. The van der Waals surface area contributed by atoms with E-state index >= 15 is 0 Å². The van der Waals surface area contributed by atoms with Crippen LogP contribution in [-0.2, 0) is 57.4 Å². The van der Waals surface area contributed by atoms with Gasteiger partial charge in [-0.1, -0.05) is 187 Å². The molecule has 8 aromatic heterocycles. The Hall–Kier alpha value is -5.67. The van der Waals surface area contributed by atoms with Gasteiger partial charge in [0.25, 0.3) is 9.24 Å². The first-order valence-electron chi connectivity index (χ1n) is 37.6. The number of carbonyl (C=O) groups excluding carboxylic acids is 3. The Labute approximate surface area is 834 Å². The fraction of sp³-hybridized carbons (Fsp3) is 0.333. The molecular formula is C90H107Cl8ILiMnN11O10S5. The van der Waals surface area contributed by atoms with Gasteiger partial charge in [-0.05, 0) is 217 Å². The van der Waals surface area contributed by atoms with Crippen LogP contribution >= 0.6 is 160 Å². The van der Waals surface area contributed by atoms with E-state index in [-0.39, 0.29) is 89.0 Å². The Morgan fingerprint density at radius 2 is 0.937 bits per heavy atom. The summed E-state index contributed by atoms with van der Waals surface area (Å²) in [5.74, 6) is 2.19. The molecule has 37 heteroatoms. The number of aldehydes is 1. The van der Waals surface area contributed by atoms with Crippen LogP contribution in [0.2, 0.25) is 35.5 Å². The summed E-state index contributed by atoms with van der Waals surface area (Å²) in [4.78, 5) is 75.9. The van der Waals surface area contributed by atoms with Crippen LogP contribution in [0.5, 0.6) is 0 Å². The molecule has 0 bridgehead atoms. The quantitative estimate of drug-likeness (QED) is 0.00785. The van der Waals surface area contributed by atoms with Gasteiger partial charge in [0.05, 0.1) is 29.3 Å². The molecule has 2 aliphatic rings. The molecule has 14 rings (SSSR count). The Bertz CT molecular complexity index is 5500. The summed E-state index contributed by atoms with van der Waals surface area (Å²) in [5, 5.41) is 40.3. The molecule has 0 amide bonds. The zero-order valence-corrected chi connectivity index (χ0v) is 81.7. The zero-order chi connectivity index (χ0) is 89.8. The molecule has 2 fully saturated rings. The molecule has 0 aliphatic heterocycles. The number of aliphatic hydroxyl groups is 3. The van der Waals surface area contributed by atoms with Crippen molar-refractivity contribution in [2.24, 2.45) is 34.5 Å². The molecule has 1 unspecified atom stereocenters. The molecule has 0 spiro atoms. The molecule has 683 valence electrons. The zero-order valence-electron chi connectivity index (χ0n) is 68.2. The minimum atomic E-state index is -3.69. The van der Waals surface area contributed by atoms with Crippen LogP contribution in [0.25, 0.3) is 0 Å². The van der Waals surface area contributed by atoms with Crippen LogP contribution in [0, 0.1) is 61.9 Å². The number of anilines is 1. The predicted octanol–water partition coefficient (Wildman–Crippen LogP) is 21.5. The monoisotopic (exact) mass is 2130 g/mol. The Kier molecular flexibility index (Phi) is 58.2. The molecule has 2 aliphatic carbocycles. The van der Waals surface area contributed by atoms with Crippen molar-refractivity contribution >= 4 is 193 Å². The van der Waals surface area contributed by atoms with Crippen LogP contribution in [0.15, 0.2) is 171 Å². The second-order valence-electron chi connectivity index (χ2n) is 28.1. The predicted molar refractivity (Wildman–Crippen MR) is 526 cm³/mol. The van der Waals surface area contributed by atoms with Crippen LogP contribution < -0.4 is 35.1 Å². The van der Waals surface area contributed by atoms with Crippen molar-refractivity contribution in [2.45, 2.75) is 161 Å². The molecule has 0 radical (unpaired) electrons. The van der Waals surface area contributed by atoms with Gasteiger partial charge >= 0.3 is 41.4 Å². The van der Waals surface area contributed by atoms with Crippen molar-refractivity contribution in [1.82, 2.24) is 39.9 Å². The van der Waals surface area contributed by atoms with Gasteiger partial charge in [0.2, 0.25) is 11.6 Å². The van der Waals surface area contributed by atoms with E-state index in [2.05, 4.69) is 129 Å². The fourth-order valence-electron chi connectivity index (χ4n) is 12.6. The fourth-order valence-corrected chi connectivity index (χ4v) is 18.8. The van der Waals surface area contributed by atoms with Gasteiger partial charge in [-0.15, -0.1) is 45.3 Å².